The lowest BCUT2D eigenvalue weighted by molar-refractivity contribution is -0.118. The van der Waals surface area contributed by atoms with E-state index in [4.69, 9.17) is 13.9 Å². The van der Waals surface area contributed by atoms with Crippen LogP contribution in [0, 0.1) is 0 Å². The SMILES string of the molecule is CCCCCNC(=O)CSc1nnc(-c2ccc(OC)cc2OC)o1. The molecule has 0 atom stereocenters. The lowest BCUT2D eigenvalue weighted by Crippen LogP contribution is -2.26. The summed E-state index contributed by atoms with van der Waals surface area (Å²) in [6.07, 6.45) is 3.24. The van der Waals surface area contributed by atoms with E-state index in [1.54, 1.807) is 32.4 Å². The van der Waals surface area contributed by atoms with Gasteiger partial charge >= 0.3 is 0 Å². The van der Waals surface area contributed by atoms with E-state index in [0.29, 0.717) is 34.7 Å². The summed E-state index contributed by atoms with van der Waals surface area (Å²) >= 11 is 1.21. The molecule has 1 N–H and O–H groups in total. The van der Waals surface area contributed by atoms with Gasteiger partial charge in [0.1, 0.15) is 11.5 Å². The zero-order valence-electron chi connectivity index (χ0n) is 14.7. The van der Waals surface area contributed by atoms with Crippen LogP contribution in [0.5, 0.6) is 11.5 Å². The molecule has 1 aromatic heterocycles. The Labute approximate surface area is 151 Å². The van der Waals surface area contributed by atoms with Gasteiger partial charge in [0.25, 0.3) is 11.1 Å². The molecule has 136 valence electrons. The third-order valence-corrected chi connectivity index (χ3v) is 4.29. The number of methoxy groups -OCH3 is 2. The van der Waals surface area contributed by atoms with E-state index in [2.05, 4.69) is 22.4 Å². The number of nitrogens with one attached hydrogen (secondary N) is 1. The van der Waals surface area contributed by atoms with Gasteiger partial charge < -0.3 is 19.2 Å². The van der Waals surface area contributed by atoms with Gasteiger partial charge in [-0.2, -0.15) is 0 Å². The number of hydrogen-bond acceptors (Lipinski definition) is 7. The summed E-state index contributed by atoms with van der Waals surface area (Å²) < 4.78 is 16.1. The number of carbonyl (C=O) groups is 1. The van der Waals surface area contributed by atoms with Gasteiger partial charge in [-0.3, -0.25) is 4.79 Å². The first-order chi connectivity index (χ1) is 12.2. The van der Waals surface area contributed by atoms with Gasteiger partial charge in [0.15, 0.2) is 0 Å². The number of hydrogen-bond donors (Lipinski definition) is 1. The van der Waals surface area contributed by atoms with Crippen molar-refractivity contribution in [3.8, 4) is 23.0 Å². The molecule has 0 unspecified atom stereocenters. The van der Waals surface area contributed by atoms with Crippen molar-refractivity contribution in [3.05, 3.63) is 18.2 Å². The summed E-state index contributed by atoms with van der Waals surface area (Å²) in [7, 11) is 3.15. The molecular formula is C17H23N3O4S. The Balaban J connectivity index is 1.93. The minimum Gasteiger partial charge on any atom is -0.497 e. The number of benzene rings is 1. The second kappa shape index (κ2) is 9.93. The lowest BCUT2D eigenvalue weighted by atomic mass is 10.2. The van der Waals surface area contributed by atoms with Crippen molar-refractivity contribution >= 4 is 17.7 Å². The van der Waals surface area contributed by atoms with Gasteiger partial charge in [0.2, 0.25) is 5.91 Å². The van der Waals surface area contributed by atoms with Gasteiger partial charge in [-0.15, -0.1) is 10.2 Å². The van der Waals surface area contributed by atoms with Crippen LogP contribution in [0.25, 0.3) is 11.5 Å². The van der Waals surface area contributed by atoms with E-state index in [0.717, 1.165) is 19.3 Å². The Hall–Kier alpha value is -2.22. The highest BCUT2D eigenvalue weighted by Gasteiger charge is 2.15. The summed E-state index contributed by atoms with van der Waals surface area (Å²) in [6.45, 7) is 2.83. The number of rotatable bonds is 10. The molecule has 25 heavy (non-hydrogen) atoms. The molecule has 1 heterocycles. The molecule has 0 saturated carbocycles. The Bertz CT molecular complexity index is 690. The fraction of sp³-hybridized carbons (Fsp3) is 0.471. The van der Waals surface area contributed by atoms with Crippen LogP contribution in [-0.4, -0.2) is 42.6 Å². The van der Waals surface area contributed by atoms with Gasteiger partial charge in [0, 0.05) is 12.6 Å². The minimum atomic E-state index is -0.0390. The van der Waals surface area contributed by atoms with Gasteiger partial charge in [0.05, 0.1) is 25.5 Å². The normalized spacial score (nSPS) is 10.5. The van der Waals surface area contributed by atoms with Gasteiger partial charge in [-0.1, -0.05) is 31.5 Å². The van der Waals surface area contributed by atoms with Crippen molar-refractivity contribution in [2.24, 2.45) is 0 Å². The summed E-state index contributed by atoms with van der Waals surface area (Å²) in [5, 5.41) is 11.2. The van der Waals surface area contributed by atoms with E-state index >= 15 is 0 Å². The first kappa shape index (κ1) is 19.1. The molecule has 7 nitrogen and oxygen atoms in total. The molecule has 0 saturated heterocycles. The lowest BCUT2D eigenvalue weighted by Gasteiger charge is -2.07. The second-order valence-electron chi connectivity index (χ2n) is 5.29. The number of ether oxygens (including phenoxy) is 2. The molecule has 0 aliphatic carbocycles. The monoisotopic (exact) mass is 365 g/mol. The van der Waals surface area contributed by atoms with Crippen molar-refractivity contribution in [2.45, 2.75) is 31.4 Å². The van der Waals surface area contributed by atoms with Crippen molar-refractivity contribution in [2.75, 3.05) is 26.5 Å². The smallest absolute Gasteiger partial charge is 0.277 e. The zero-order valence-corrected chi connectivity index (χ0v) is 15.5. The van der Waals surface area contributed by atoms with Crippen molar-refractivity contribution in [1.29, 1.82) is 0 Å². The first-order valence-electron chi connectivity index (χ1n) is 8.13. The predicted molar refractivity (Wildman–Crippen MR) is 96.1 cm³/mol. The Morgan fingerprint density at radius 1 is 1.24 bits per heavy atom. The standard InChI is InChI=1S/C17H23N3O4S/c1-4-5-6-9-18-15(21)11-25-17-20-19-16(24-17)13-8-7-12(22-2)10-14(13)23-3/h7-8,10H,4-6,9,11H2,1-3H3,(H,18,21). The van der Waals surface area contributed by atoms with Crippen LogP contribution in [0.4, 0.5) is 0 Å². The molecule has 0 spiro atoms. The van der Waals surface area contributed by atoms with E-state index < -0.39 is 0 Å². The average molecular weight is 365 g/mol. The summed E-state index contributed by atoms with van der Waals surface area (Å²) in [4.78, 5) is 11.8. The summed E-state index contributed by atoms with van der Waals surface area (Å²) in [5.41, 5.74) is 0.673. The number of carbonyl (C=O) groups excluding carboxylic acids is 1. The molecule has 2 aromatic rings. The first-order valence-corrected chi connectivity index (χ1v) is 9.11. The van der Waals surface area contributed by atoms with Crippen LogP contribution in [-0.2, 0) is 4.79 Å². The van der Waals surface area contributed by atoms with Gasteiger partial charge in [-0.25, -0.2) is 0 Å². The largest absolute Gasteiger partial charge is 0.497 e. The fourth-order valence-corrected chi connectivity index (χ4v) is 2.73. The maximum atomic E-state index is 11.8. The molecule has 0 aliphatic heterocycles. The Morgan fingerprint density at radius 2 is 2.08 bits per heavy atom. The molecule has 1 aromatic carbocycles. The van der Waals surface area contributed by atoms with Crippen LogP contribution >= 0.6 is 11.8 Å². The topological polar surface area (TPSA) is 86.5 Å². The van der Waals surface area contributed by atoms with E-state index in [1.807, 2.05) is 0 Å². The van der Waals surface area contributed by atoms with Crippen molar-refractivity contribution in [1.82, 2.24) is 15.5 Å². The number of amides is 1. The second-order valence-corrected chi connectivity index (χ2v) is 6.21. The molecule has 0 radical (unpaired) electrons. The van der Waals surface area contributed by atoms with Crippen LogP contribution in [0.15, 0.2) is 27.8 Å². The van der Waals surface area contributed by atoms with E-state index in [-0.39, 0.29) is 11.7 Å². The third kappa shape index (κ3) is 5.67. The summed E-state index contributed by atoms with van der Waals surface area (Å²) in [6, 6.07) is 5.33. The third-order valence-electron chi connectivity index (χ3n) is 3.47. The number of nitrogens with zero attached hydrogens (tertiary/aromatic N) is 2. The molecule has 0 fully saturated rings. The maximum Gasteiger partial charge on any atom is 0.277 e. The van der Waals surface area contributed by atoms with Crippen LogP contribution in [0.3, 0.4) is 0 Å². The number of unbranched alkanes of at least 4 members (excludes halogenated alkanes) is 2. The Morgan fingerprint density at radius 3 is 2.80 bits per heavy atom. The number of thioether (sulfide) groups is 1. The molecular weight excluding hydrogens is 342 g/mol. The summed E-state index contributed by atoms with van der Waals surface area (Å²) in [5.74, 6) is 1.80. The zero-order chi connectivity index (χ0) is 18.1. The minimum absolute atomic E-state index is 0.0390. The number of aromatic nitrogens is 2. The average Bonchev–Trinajstić information content (AvgIpc) is 3.11. The highest BCUT2D eigenvalue weighted by atomic mass is 32.2. The van der Waals surface area contributed by atoms with Gasteiger partial charge in [-0.05, 0) is 18.6 Å². The quantitative estimate of drug-likeness (QED) is 0.511. The molecule has 2 rings (SSSR count). The van der Waals surface area contributed by atoms with E-state index in [9.17, 15) is 4.79 Å². The molecule has 1 amide bonds. The predicted octanol–water partition coefficient (Wildman–Crippen LogP) is 3.15. The fourth-order valence-electron chi connectivity index (χ4n) is 2.13. The van der Waals surface area contributed by atoms with Crippen molar-refractivity contribution in [3.63, 3.8) is 0 Å². The van der Waals surface area contributed by atoms with Crippen LogP contribution < -0.4 is 14.8 Å². The molecule has 8 heteroatoms. The highest BCUT2D eigenvalue weighted by Crippen LogP contribution is 2.33. The molecule has 0 bridgehead atoms. The maximum absolute atomic E-state index is 11.8. The molecule has 0 aliphatic rings. The van der Waals surface area contributed by atoms with E-state index in [1.165, 1.54) is 11.8 Å². The van der Waals surface area contributed by atoms with Crippen molar-refractivity contribution < 1.29 is 18.7 Å². The van der Waals surface area contributed by atoms with Crippen LogP contribution in [0.2, 0.25) is 0 Å². The van der Waals surface area contributed by atoms with Crippen LogP contribution in [0.1, 0.15) is 26.2 Å². The Kier molecular flexibility index (Phi) is 7.59. The highest BCUT2D eigenvalue weighted by molar-refractivity contribution is 7.99.